The highest BCUT2D eigenvalue weighted by molar-refractivity contribution is 5.77. The number of halogens is 2. The van der Waals surface area contributed by atoms with Crippen LogP contribution in [0.15, 0.2) is 35.3 Å². The van der Waals surface area contributed by atoms with Crippen molar-refractivity contribution in [3.63, 3.8) is 0 Å². The molecule has 0 amide bonds. The van der Waals surface area contributed by atoms with E-state index < -0.39 is 13.0 Å². The van der Waals surface area contributed by atoms with Crippen molar-refractivity contribution in [1.82, 2.24) is 24.0 Å². The summed E-state index contributed by atoms with van der Waals surface area (Å²) in [6.07, 6.45) is 4.48. The van der Waals surface area contributed by atoms with Crippen LogP contribution in [0.2, 0.25) is 0 Å². The van der Waals surface area contributed by atoms with Gasteiger partial charge in [-0.05, 0) is 50.8 Å². The lowest BCUT2D eigenvalue weighted by Crippen LogP contribution is -2.34. The number of para-hydroxylation sites is 1. The zero-order valence-corrected chi connectivity index (χ0v) is 16.8. The zero-order chi connectivity index (χ0) is 20.7. The van der Waals surface area contributed by atoms with Crippen molar-refractivity contribution in [2.45, 2.75) is 64.2 Å². The van der Waals surface area contributed by atoms with Crippen LogP contribution in [0.5, 0.6) is 0 Å². The van der Waals surface area contributed by atoms with E-state index in [1.54, 1.807) is 18.2 Å². The van der Waals surface area contributed by atoms with E-state index in [4.69, 9.17) is 4.98 Å². The van der Waals surface area contributed by atoms with E-state index in [0.29, 0.717) is 23.3 Å². The third kappa shape index (κ3) is 3.43. The first kappa shape index (κ1) is 19.4. The summed E-state index contributed by atoms with van der Waals surface area (Å²) in [7, 11) is 0. The molecule has 1 unspecified atom stereocenters. The summed E-state index contributed by atoms with van der Waals surface area (Å²) >= 11 is 0. The molecule has 1 saturated heterocycles. The summed E-state index contributed by atoms with van der Waals surface area (Å²) in [5, 5.41) is 0.383. The number of fused-ring (bicyclic) bond motifs is 2. The van der Waals surface area contributed by atoms with Crippen LogP contribution in [0.25, 0.3) is 10.9 Å². The van der Waals surface area contributed by atoms with Gasteiger partial charge >= 0.3 is 0 Å². The molecule has 6 nitrogen and oxygen atoms in total. The molecule has 5 rings (SSSR count). The van der Waals surface area contributed by atoms with Gasteiger partial charge in [-0.1, -0.05) is 12.1 Å². The first-order chi connectivity index (χ1) is 14.6. The van der Waals surface area contributed by atoms with Crippen LogP contribution in [-0.4, -0.2) is 37.0 Å². The molecule has 158 valence electrons. The molecule has 0 spiro atoms. The number of hydrogen-bond donors (Lipinski definition) is 0. The molecule has 1 atom stereocenters. The molecular weight excluding hydrogens is 388 g/mol. The molecule has 2 aromatic heterocycles. The van der Waals surface area contributed by atoms with Crippen molar-refractivity contribution < 1.29 is 8.78 Å². The van der Waals surface area contributed by atoms with Crippen LogP contribution in [0, 0.1) is 0 Å². The average molecular weight is 413 g/mol. The maximum Gasteiger partial charge on any atom is 0.261 e. The Bertz CT molecular complexity index is 1120. The van der Waals surface area contributed by atoms with Crippen molar-refractivity contribution >= 4 is 10.9 Å². The number of benzene rings is 1. The van der Waals surface area contributed by atoms with Gasteiger partial charge < -0.3 is 4.57 Å². The minimum absolute atomic E-state index is 0.169. The van der Waals surface area contributed by atoms with Crippen LogP contribution in [-0.2, 0) is 26.1 Å². The second-order valence-corrected chi connectivity index (χ2v) is 8.20. The summed E-state index contributed by atoms with van der Waals surface area (Å²) in [5.41, 5.74) is 1.44. The molecule has 30 heavy (non-hydrogen) atoms. The monoisotopic (exact) mass is 413 g/mol. The van der Waals surface area contributed by atoms with E-state index in [-0.39, 0.29) is 11.6 Å². The molecule has 0 radical (unpaired) electrons. The average Bonchev–Trinajstić information content (AvgIpc) is 3.37. The molecule has 0 N–H and O–H groups in total. The maximum absolute atomic E-state index is 13.3. The smallest absolute Gasteiger partial charge is 0.261 e. The summed E-state index contributed by atoms with van der Waals surface area (Å²) in [6, 6.07) is 6.81. The minimum Gasteiger partial charge on any atom is -0.331 e. The van der Waals surface area contributed by atoms with Gasteiger partial charge in [0.05, 0.1) is 30.0 Å². The molecular formula is C22H25F2N5O. The van der Waals surface area contributed by atoms with Gasteiger partial charge in [0.25, 0.3) is 12.0 Å². The second kappa shape index (κ2) is 7.91. The summed E-state index contributed by atoms with van der Waals surface area (Å²) in [6.45, 7) is 1.83. The van der Waals surface area contributed by atoms with Crippen molar-refractivity contribution in [2.24, 2.45) is 0 Å². The number of imidazole rings is 1. The topological polar surface area (TPSA) is 56.0 Å². The van der Waals surface area contributed by atoms with Gasteiger partial charge in [-0.15, -0.1) is 0 Å². The standard InChI is InChI=1S/C22H25F2N5O/c23-19(24)13-29-21(26-17-8-2-1-7-16(17)22(29)30)18-9-5-10-27(18)14-20-25-12-15-6-3-4-11-28(15)20/h1-2,7-8,12,18-19H,3-6,9-11,13-14H2. The molecule has 8 heteroatoms. The Kier molecular flexibility index (Phi) is 5.10. The van der Waals surface area contributed by atoms with E-state index in [1.807, 2.05) is 12.3 Å². The Morgan fingerprint density at radius 3 is 2.87 bits per heavy atom. The molecule has 0 bridgehead atoms. The molecule has 2 aliphatic heterocycles. The Hall–Kier alpha value is -2.61. The predicted octanol–water partition coefficient (Wildman–Crippen LogP) is 3.53. The van der Waals surface area contributed by atoms with E-state index >= 15 is 0 Å². The number of hydrogen-bond acceptors (Lipinski definition) is 4. The predicted molar refractivity (Wildman–Crippen MR) is 110 cm³/mol. The zero-order valence-electron chi connectivity index (χ0n) is 16.8. The van der Waals surface area contributed by atoms with Crippen molar-refractivity contribution in [1.29, 1.82) is 0 Å². The minimum atomic E-state index is -2.61. The second-order valence-electron chi connectivity index (χ2n) is 8.20. The van der Waals surface area contributed by atoms with Crippen molar-refractivity contribution in [3.05, 3.63) is 58.2 Å². The Morgan fingerprint density at radius 2 is 2.00 bits per heavy atom. The first-order valence-electron chi connectivity index (χ1n) is 10.7. The van der Waals surface area contributed by atoms with E-state index in [2.05, 4.69) is 14.5 Å². The van der Waals surface area contributed by atoms with E-state index in [9.17, 15) is 13.6 Å². The number of likely N-dealkylation sites (tertiary alicyclic amines) is 1. The Morgan fingerprint density at radius 1 is 1.13 bits per heavy atom. The number of aromatic nitrogens is 4. The van der Waals surface area contributed by atoms with Crippen LogP contribution in [0.3, 0.4) is 0 Å². The molecule has 0 aliphatic carbocycles. The largest absolute Gasteiger partial charge is 0.331 e. The van der Waals surface area contributed by atoms with Gasteiger partial charge in [-0.3, -0.25) is 14.3 Å². The lowest BCUT2D eigenvalue weighted by Gasteiger charge is -2.27. The lowest BCUT2D eigenvalue weighted by atomic mass is 10.1. The van der Waals surface area contributed by atoms with Crippen LogP contribution >= 0.6 is 0 Å². The normalized spacial score (nSPS) is 19.6. The van der Waals surface area contributed by atoms with Gasteiger partial charge in [0.2, 0.25) is 0 Å². The van der Waals surface area contributed by atoms with Crippen LogP contribution in [0.4, 0.5) is 8.78 Å². The molecule has 2 aliphatic rings. The first-order valence-corrected chi connectivity index (χ1v) is 10.7. The number of nitrogens with zero attached hydrogens (tertiary/aromatic N) is 5. The fraction of sp³-hybridized carbons (Fsp3) is 0.500. The third-order valence-corrected chi connectivity index (χ3v) is 6.30. The highest BCUT2D eigenvalue weighted by Crippen LogP contribution is 2.33. The molecule has 3 aromatic rings. The molecule has 4 heterocycles. The maximum atomic E-state index is 13.3. The SMILES string of the molecule is O=c1c2ccccc2nc(C2CCCN2Cc2ncc3n2CCCC3)n1CC(F)F. The summed E-state index contributed by atoms with van der Waals surface area (Å²) in [5.74, 6) is 1.46. The molecule has 1 aromatic carbocycles. The van der Waals surface area contributed by atoms with Crippen LogP contribution in [0.1, 0.15) is 49.1 Å². The van der Waals surface area contributed by atoms with Gasteiger partial charge in [0.15, 0.2) is 0 Å². The van der Waals surface area contributed by atoms with E-state index in [0.717, 1.165) is 44.6 Å². The summed E-state index contributed by atoms with van der Waals surface area (Å²) < 4.78 is 30.2. The number of rotatable bonds is 5. The Balaban J connectivity index is 1.53. The highest BCUT2D eigenvalue weighted by Gasteiger charge is 2.32. The quantitative estimate of drug-likeness (QED) is 0.642. The third-order valence-electron chi connectivity index (χ3n) is 6.30. The number of aryl methyl sites for hydroxylation is 1. The van der Waals surface area contributed by atoms with E-state index in [1.165, 1.54) is 16.7 Å². The van der Waals surface area contributed by atoms with Crippen molar-refractivity contribution in [2.75, 3.05) is 6.54 Å². The molecule has 1 fully saturated rings. The molecule has 0 saturated carbocycles. The Labute approximate surface area is 173 Å². The van der Waals surface area contributed by atoms with Crippen LogP contribution < -0.4 is 5.56 Å². The lowest BCUT2D eigenvalue weighted by molar-refractivity contribution is 0.120. The fourth-order valence-corrected chi connectivity index (χ4v) is 4.87. The number of alkyl halides is 2. The van der Waals surface area contributed by atoms with Gasteiger partial charge in [0, 0.05) is 18.4 Å². The fourth-order valence-electron chi connectivity index (χ4n) is 4.87. The van der Waals surface area contributed by atoms with Gasteiger partial charge in [-0.25, -0.2) is 18.7 Å². The highest BCUT2D eigenvalue weighted by atomic mass is 19.3. The summed E-state index contributed by atoms with van der Waals surface area (Å²) in [4.78, 5) is 24.6. The van der Waals surface area contributed by atoms with Crippen molar-refractivity contribution in [3.8, 4) is 0 Å². The van der Waals surface area contributed by atoms with Gasteiger partial charge in [0.1, 0.15) is 11.6 Å². The van der Waals surface area contributed by atoms with Gasteiger partial charge in [-0.2, -0.15) is 0 Å².